The molecule has 0 radical (unpaired) electrons. The Morgan fingerprint density at radius 2 is 1.56 bits per heavy atom. The second-order valence-electron chi connectivity index (χ2n) is 7.65. The number of amides is 2. The van der Waals surface area contributed by atoms with E-state index in [4.69, 9.17) is 11.6 Å². The molecule has 1 fully saturated rings. The molecule has 5 heteroatoms. The van der Waals surface area contributed by atoms with Gasteiger partial charge in [-0.15, -0.1) is 0 Å². The third kappa shape index (κ3) is 3.86. The molecule has 3 rings (SSSR count). The van der Waals surface area contributed by atoms with Gasteiger partial charge in [0.2, 0.25) is 5.91 Å². The van der Waals surface area contributed by atoms with Crippen molar-refractivity contribution in [1.29, 1.82) is 0 Å². The van der Waals surface area contributed by atoms with Gasteiger partial charge in [0.15, 0.2) is 0 Å². The van der Waals surface area contributed by atoms with Gasteiger partial charge in [0, 0.05) is 26.1 Å². The van der Waals surface area contributed by atoms with Crippen LogP contribution in [0.4, 0.5) is 4.79 Å². The van der Waals surface area contributed by atoms with Gasteiger partial charge in [-0.1, -0.05) is 60.7 Å². The van der Waals surface area contributed by atoms with Gasteiger partial charge in [-0.3, -0.25) is 9.59 Å². The number of benzene rings is 2. The molecule has 0 aromatic heterocycles. The molecule has 2 aromatic rings. The smallest absolute Gasteiger partial charge is 0.316 e. The Morgan fingerprint density at radius 1 is 1.00 bits per heavy atom. The van der Waals surface area contributed by atoms with Gasteiger partial charge in [0.1, 0.15) is 0 Å². The van der Waals surface area contributed by atoms with Crippen LogP contribution in [0.3, 0.4) is 0 Å². The van der Waals surface area contributed by atoms with Crippen LogP contribution in [-0.2, 0) is 10.2 Å². The molecule has 0 aliphatic carbocycles. The van der Waals surface area contributed by atoms with Crippen molar-refractivity contribution in [2.24, 2.45) is 0 Å². The maximum Gasteiger partial charge on any atom is 0.316 e. The first kappa shape index (κ1) is 19.4. The Morgan fingerprint density at radius 3 is 2.11 bits per heavy atom. The van der Waals surface area contributed by atoms with E-state index in [-0.39, 0.29) is 17.9 Å². The van der Waals surface area contributed by atoms with E-state index in [1.165, 1.54) is 0 Å². The number of hydrogen-bond donors (Lipinski definition) is 0. The fourth-order valence-corrected chi connectivity index (χ4v) is 4.06. The number of likely N-dealkylation sites (tertiary alicyclic amines) is 1. The molecule has 2 aromatic carbocycles. The topological polar surface area (TPSA) is 40.6 Å². The molecule has 0 N–H and O–H groups in total. The zero-order valence-electron chi connectivity index (χ0n) is 15.9. The van der Waals surface area contributed by atoms with E-state index in [2.05, 4.69) is 0 Å². The summed E-state index contributed by atoms with van der Waals surface area (Å²) in [6.45, 7) is 4.84. The maximum absolute atomic E-state index is 13.4. The van der Waals surface area contributed by atoms with Crippen LogP contribution < -0.4 is 0 Å². The Labute approximate surface area is 165 Å². The molecular weight excluding hydrogens is 360 g/mol. The second-order valence-corrected chi connectivity index (χ2v) is 7.97. The molecule has 27 heavy (non-hydrogen) atoms. The molecule has 0 bridgehead atoms. The molecule has 4 nitrogen and oxygen atoms in total. The molecular formula is C22H25ClN2O2. The highest BCUT2D eigenvalue weighted by Crippen LogP contribution is 2.34. The van der Waals surface area contributed by atoms with E-state index in [0.29, 0.717) is 13.1 Å². The summed E-state index contributed by atoms with van der Waals surface area (Å²) < 4.78 is 0. The fourth-order valence-electron chi connectivity index (χ4n) is 3.92. The van der Waals surface area contributed by atoms with Crippen LogP contribution in [-0.4, -0.2) is 47.3 Å². The summed E-state index contributed by atoms with van der Waals surface area (Å²) in [6.07, 6.45) is 0. The van der Waals surface area contributed by atoms with Crippen molar-refractivity contribution < 1.29 is 9.59 Å². The lowest BCUT2D eigenvalue weighted by molar-refractivity contribution is -0.137. The highest BCUT2D eigenvalue weighted by Gasteiger charge is 2.43. The van der Waals surface area contributed by atoms with Gasteiger partial charge in [0.25, 0.3) is 0 Å². The number of carbonyl (C=O) groups is 2. The average Bonchev–Trinajstić information content (AvgIpc) is 3.14. The van der Waals surface area contributed by atoms with E-state index >= 15 is 0 Å². The number of carbonyl (C=O) groups excluding carboxylic acids is 2. The van der Waals surface area contributed by atoms with E-state index in [1.54, 1.807) is 9.80 Å². The van der Waals surface area contributed by atoms with Crippen molar-refractivity contribution in [3.63, 3.8) is 0 Å². The highest BCUT2D eigenvalue weighted by atomic mass is 35.5. The van der Waals surface area contributed by atoms with Crippen molar-refractivity contribution in [3.05, 3.63) is 71.8 Å². The number of halogens is 1. The Hall–Kier alpha value is -2.33. The van der Waals surface area contributed by atoms with Crippen LogP contribution in [0, 0.1) is 0 Å². The van der Waals surface area contributed by atoms with Gasteiger partial charge in [-0.05, 0) is 36.6 Å². The summed E-state index contributed by atoms with van der Waals surface area (Å²) in [4.78, 5) is 28.6. The van der Waals surface area contributed by atoms with Crippen LogP contribution in [0.25, 0.3) is 0 Å². The Kier molecular flexibility index (Phi) is 5.56. The minimum atomic E-state index is -0.657. The van der Waals surface area contributed by atoms with E-state index in [0.717, 1.165) is 11.1 Å². The molecule has 1 heterocycles. The lowest BCUT2D eigenvalue weighted by atomic mass is 9.82. The lowest BCUT2D eigenvalue weighted by Crippen LogP contribution is -2.49. The predicted molar refractivity (Wildman–Crippen MR) is 108 cm³/mol. The number of rotatable bonds is 4. The monoisotopic (exact) mass is 384 g/mol. The SMILES string of the molecule is CN(C(=O)C(C)(C)c1ccccc1)[C@@H]1CN(C(=O)Cl)C[C@H]1c1ccccc1. The molecule has 1 aliphatic heterocycles. The van der Waals surface area contributed by atoms with Crippen LogP contribution in [0.5, 0.6) is 0 Å². The molecule has 2 atom stereocenters. The molecule has 2 amide bonds. The molecule has 0 saturated carbocycles. The van der Waals surface area contributed by atoms with Crippen LogP contribution in [0.1, 0.15) is 30.9 Å². The van der Waals surface area contributed by atoms with E-state index < -0.39 is 10.8 Å². The summed E-state index contributed by atoms with van der Waals surface area (Å²) in [6, 6.07) is 19.7. The summed E-state index contributed by atoms with van der Waals surface area (Å²) in [7, 11) is 1.83. The molecule has 0 unspecified atom stereocenters. The van der Waals surface area contributed by atoms with Gasteiger partial charge >= 0.3 is 5.37 Å². The largest absolute Gasteiger partial charge is 0.340 e. The fraction of sp³-hybridized carbons (Fsp3) is 0.364. The van der Waals surface area contributed by atoms with Gasteiger partial charge < -0.3 is 9.80 Å². The van der Waals surface area contributed by atoms with Gasteiger partial charge in [0.05, 0.1) is 11.5 Å². The molecule has 0 spiro atoms. The number of likely N-dealkylation sites (N-methyl/N-ethyl adjacent to an activating group) is 1. The first-order chi connectivity index (χ1) is 12.8. The van der Waals surface area contributed by atoms with Crippen LogP contribution in [0.15, 0.2) is 60.7 Å². The minimum absolute atomic E-state index is 0.0310. The standard InChI is InChI=1S/C22H25ClN2O2/c1-22(2,17-12-8-5-9-13-17)20(26)24(3)19-15-25(21(23)27)14-18(19)16-10-6-4-7-11-16/h4-13,18-19H,14-15H2,1-3H3/t18-,19+/m0/s1. The van der Waals surface area contributed by atoms with E-state index in [9.17, 15) is 9.59 Å². The summed E-state index contributed by atoms with van der Waals surface area (Å²) in [5, 5.41) is -0.471. The maximum atomic E-state index is 13.4. The third-order valence-corrected chi connectivity index (χ3v) is 5.85. The second kappa shape index (κ2) is 7.73. The number of nitrogens with zero attached hydrogens (tertiary/aromatic N) is 2. The van der Waals surface area contributed by atoms with Crippen molar-refractivity contribution in [1.82, 2.24) is 9.80 Å². The summed E-state index contributed by atoms with van der Waals surface area (Å²) in [5.74, 6) is 0.0675. The zero-order valence-corrected chi connectivity index (χ0v) is 16.7. The Balaban J connectivity index is 1.89. The molecule has 1 aliphatic rings. The number of hydrogen-bond acceptors (Lipinski definition) is 2. The zero-order chi connectivity index (χ0) is 19.6. The summed E-state index contributed by atoms with van der Waals surface area (Å²) in [5.41, 5.74) is 1.43. The molecule has 1 saturated heterocycles. The summed E-state index contributed by atoms with van der Waals surface area (Å²) >= 11 is 5.76. The first-order valence-electron chi connectivity index (χ1n) is 9.14. The van der Waals surface area contributed by atoms with Crippen molar-refractivity contribution in [3.8, 4) is 0 Å². The van der Waals surface area contributed by atoms with E-state index in [1.807, 2.05) is 81.6 Å². The van der Waals surface area contributed by atoms with Crippen molar-refractivity contribution in [2.45, 2.75) is 31.2 Å². The minimum Gasteiger partial charge on any atom is -0.340 e. The Bertz CT molecular complexity index is 808. The molecule has 142 valence electrons. The van der Waals surface area contributed by atoms with Crippen molar-refractivity contribution >= 4 is 22.9 Å². The van der Waals surface area contributed by atoms with Gasteiger partial charge in [-0.2, -0.15) is 0 Å². The van der Waals surface area contributed by atoms with Gasteiger partial charge in [-0.25, -0.2) is 0 Å². The highest BCUT2D eigenvalue weighted by molar-refractivity contribution is 6.62. The van der Waals surface area contributed by atoms with Crippen LogP contribution in [0.2, 0.25) is 0 Å². The third-order valence-electron chi connectivity index (χ3n) is 5.61. The first-order valence-corrected chi connectivity index (χ1v) is 9.52. The van der Waals surface area contributed by atoms with Crippen molar-refractivity contribution in [2.75, 3.05) is 20.1 Å². The lowest BCUT2D eigenvalue weighted by Gasteiger charge is -2.35. The quantitative estimate of drug-likeness (QED) is 0.584. The normalized spacial score (nSPS) is 19.8. The predicted octanol–water partition coefficient (Wildman–Crippen LogP) is 4.25. The van der Waals surface area contributed by atoms with Crippen LogP contribution >= 0.6 is 11.6 Å². The average molecular weight is 385 g/mol.